The lowest BCUT2D eigenvalue weighted by atomic mass is 9.84. The summed E-state index contributed by atoms with van der Waals surface area (Å²) in [6.45, 7) is 2.98. The normalized spacial score (nSPS) is 27.6. The number of hydrogen-bond acceptors (Lipinski definition) is 3. The highest BCUT2D eigenvalue weighted by molar-refractivity contribution is 5.22. The topological polar surface area (TPSA) is 47.3 Å². The van der Waals surface area contributed by atoms with Crippen molar-refractivity contribution in [3.8, 4) is 0 Å². The van der Waals surface area contributed by atoms with E-state index in [4.69, 9.17) is 10.6 Å². The van der Waals surface area contributed by atoms with Gasteiger partial charge in [0.1, 0.15) is 0 Å². The Kier molecular flexibility index (Phi) is 3.59. The molecule has 0 bridgehead atoms. The Labute approximate surface area is 97.0 Å². The van der Waals surface area contributed by atoms with Crippen molar-refractivity contribution >= 4 is 0 Å². The summed E-state index contributed by atoms with van der Waals surface area (Å²) in [6.07, 6.45) is 3.42. The van der Waals surface area contributed by atoms with E-state index in [1.165, 1.54) is 12.0 Å². The summed E-state index contributed by atoms with van der Waals surface area (Å²) < 4.78 is 5.93. The predicted molar refractivity (Wildman–Crippen MR) is 64.7 cm³/mol. The van der Waals surface area contributed by atoms with Crippen molar-refractivity contribution < 1.29 is 4.74 Å². The van der Waals surface area contributed by atoms with Gasteiger partial charge in [-0.15, -0.1) is 0 Å². The van der Waals surface area contributed by atoms with Crippen LogP contribution >= 0.6 is 0 Å². The Morgan fingerprint density at radius 3 is 2.62 bits per heavy atom. The van der Waals surface area contributed by atoms with Crippen molar-refractivity contribution in [3.63, 3.8) is 0 Å². The molecule has 2 rings (SSSR count). The molecular formula is C13H20N2O. The summed E-state index contributed by atoms with van der Waals surface area (Å²) in [4.78, 5) is 0. The molecule has 1 saturated heterocycles. The molecule has 88 valence electrons. The molecule has 0 spiro atoms. The number of benzene rings is 1. The minimum Gasteiger partial charge on any atom is -0.373 e. The van der Waals surface area contributed by atoms with Crippen molar-refractivity contribution in [1.82, 2.24) is 5.43 Å². The first-order valence-electron chi connectivity index (χ1n) is 5.91. The van der Waals surface area contributed by atoms with E-state index in [1.807, 2.05) is 18.2 Å². The molecule has 1 heterocycles. The molecule has 3 nitrogen and oxygen atoms in total. The number of nitrogens with two attached hydrogens (primary N) is 1. The first-order valence-corrected chi connectivity index (χ1v) is 5.91. The predicted octanol–water partition coefficient (Wildman–Crippen LogP) is 2.15. The average Bonchev–Trinajstić information content (AvgIpc) is 2.32. The van der Waals surface area contributed by atoms with E-state index in [1.54, 1.807) is 0 Å². The molecule has 3 N–H and O–H groups in total. The van der Waals surface area contributed by atoms with Crippen LogP contribution in [-0.4, -0.2) is 12.2 Å². The van der Waals surface area contributed by atoms with Crippen LogP contribution in [0.5, 0.6) is 0 Å². The number of ether oxygens (including phenoxy) is 1. The van der Waals surface area contributed by atoms with Gasteiger partial charge in [0, 0.05) is 6.61 Å². The van der Waals surface area contributed by atoms with Crippen LogP contribution in [0.2, 0.25) is 0 Å². The first kappa shape index (κ1) is 11.6. The fraction of sp³-hybridized carbons (Fsp3) is 0.538. The molecule has 1 aromatic rings. The highest BCUT2D eigenvalue weighted by Gasteiger charge is 2.37. The van der Waals surface area contributed by atoms with Gasteiger partial charge in [0.15, 0.2) is 0 Å². The number of hydrogen-bond donors (Lipinski definition) is 2. The van der Waals surface area contributed by atoms with Crippen LogP contribution in [0.4, 0.5) is 0 Å². The molecule has 1 aliphatic rings. The average molecular weight is 220 g/mol. The standard InChI is InChI=1S/C13H20N2O/c1-13(9-5-6-10-16-13)12(15-14)11-7-3-2-4-8-11/h2-4,7-8,12,15H,5-6,9-10,14H2,1H3. The maximum Gasteiger partial charge on any atom is 0.0861 e. The molecule has 2 atom stereocenters. The SMILES string of the molecule is CC1(C(NN)c2ccccc2)CCCCO1. The maximum absolute atomic E-state index is 5.93. The first-order chi connectivity index (χ1) is 7.76. The Morgan fingerprint density at radius 1 is 1.31 bits per heavy atom. The molecule has 0 aliphatic carbocycles. The van der Waals surface area contributed by atoms with Crippen molar-refractivity contribution in [2.75, 3.05) is 6.61 Å². The fourth-order valence-corrected chi connectivity index (χ4v) is 2.45. The molecule has 0 saturated carbocycles. The van der Waals surface area contributed by atoms with Crippen molar-refractivity contribution in [2.45, 2.75) is 37.8 Å². The zero-order valence-electron chi connectivity index (χ0n) is 9.78. The zero-order chi connectivity index (χ0) is 11.4. The summed E-state index contributed by atoms with van der Waals surface area (Å²) in [7, 11) is 0. The van der Waals surface area contributed by atoms with Crippen LogP contribution in [0.1, 0.15) is 37.8 Å². The number of nitrogens with one attached hydrogen (secondary N) is 1. The maximum atomic E-state index is 5.93. The lowest BCUT2D eigenvalue weighted by molar-refractivity contribution is -0.0898. The molecule has 0 aromatic heterocycles. The molecule has 1 fully saturated rings. The van der Waals surface area contributed by atoms with Crippen molar-refractivity contribution in [2.24, 2.45) is 5.84 Å². The van der Waals surface area contributed by atoms with Gasteiger partial charge >= 0.3 is 0 Å². The Balaban J connectivity index is 2.21. The smallest absolute Gasteiger partial charge is 0.0861 e. The van der Waals surface area contributed by atoms with Gasteiger partial charge < -0.3 is 4.74 Å². The molecule has 1 aromatic carbocycles. The molecule has 3 heteroatoms. The van der Waals surface area contributed by atoms with E-state index < -0.39 is 0 Å². The third-order valence-corrected chi connectivity index (χ3v) is 3.41. The highest BCUT2D eigenvalue weighted by atomic mass is 16.5. The van der Waals surface area contributed by atoms with Gasteiger partial charge in [-0.3, -0.25) is 11.3 Å². The summed E-state index contributed by atoms with van der Waals surface area (Å²) >= 11 is 0. The van der Waals surface area contributed by atoms with Gasteiger partial charge in [0.25, 0.3) is 0 Å². The van der Waals surface area contributed by atoms with Gasteiger partial charge in [-0.1, -0.05) is 30.3 Å². The second-order valence-corrected chi connectivity index (χ2v) is 4.63. The van der Waals surface area contributed by atoms with Gasteiger partial charge in [-0.25, -0.2) is 0 Å². The van der Waals surface area contributed by atoms with Crippen molar-refractivity contribution in [3.05, 3.63) is 35.9 Å². The summed E-state index contributed by atoms with van der Waals surface area (Å²) in [5.41, 5.74) is 3.91. The monoisotopic (exact) mass is 220 g/mol. The van der Waals surface area contributed by atoms with Crippen LogP contribution < -0.4 is 11.3 Å². The number of rotatable bonds is 3. The third-order valence-electron chi connectivity index (χ3n) is 3.41. The lowest BCUT2D eigenvalue weighted by Crippen LogP contribution is -2.48. The Morgan fingerprint density at radius 2 is 2.06 bits per heavy atom. The number of hydrazine groups is 1. The molecule has 2 unspecified atom stereocenters. The third kappa shape index (κ3) is 2.26. The fourth-order valence-electron chi connectivity index (χ4n) is 2.45. The van der Waals surface area contributed by atoms with Crippen LogP contribution in [-0.2, 0) is 4.74 Å². The lowest BCUT2D eigenvalue weighted by Gasteiger charge is -2.40. The van der Waals surface area contributed by atoms with Crippen LogP contribution in [0.25, 0.3) is 0 Å². The van der Waals surface area contributed by atoms with Gasteiger partial charge in [-0.05, 0) is 31.7 Å². The quantitative estimate of drug-likeness (QED) is 0.606. The van der Waals surface area contributed by atoms with E-state index in [2.05, 4.69) is 24.5 Å². The Bertz CT molecular complexity index is 320. The molecular weight excluding hydrogens is 200 g/mol. The summed E-state index contributed by atoms with van der Waals surface area (Å²) in [6, 6.07) is 10.3. The Hall–Kier alpha value is -0.900. The second-order valence-electron chi connectivity index (χ2n) is 4.63. The van der Waals surface area contributed by atoms with E-state index in [-0.39, 0.29) is 11.6 Å². The summed E-state index contributed by atoms with van der Waals surface area (Å²) in [5, 5.41) is 0. The van der Waals surface area contributed by atoms with E-state index in [9.17, 15) is 0 Å². The molecule has 0 radical (unpaired) electrons. The summed E-state index contributed by atoms with van der Waals surface area (Å²) in [5.74, 6) is 5.69. The van der Waals surface area contributed by atoms with Crippen LogP contribution in [0, 0.1) is 0 Å². The van der Waals surface area contributed by atoms with E-state index >= 15 is 0 Å². The molecule has 1 aliphatic heterocycles. The van der Waals surface area contributed by atoms with Gasteiger partial charge in [0.05, 0.1) is 11.6 Å². The molecule has 16 heavy (non-hydrogen) atoms. The van der Waals surface area contributed by atoms with Crippen LogP contribution in [0.3, 0.4) is 0 Å². The zero-order valence-corrected chi connectivity index (χ0v) is 9.78. The second kappa shape index (κ2) is 4.95. The molecule has 0 amide bonds. The van der Waals surface area contributed by atoms with E-state index in [0.29, 0.717) is 0 Å². The van der Waals surface area contributed by atoms with Gasteiger partial charge in [-0.2, -0.15) is 0 Å². The largest absolute Gasteiger partial charge is 0.373 e. The van der Waals surface area contributed by atoms with Crippen LogP contribution in [0.15, 0.2) is 30.3 Å². The van der Waals surface area contributed by atoms with Gasteiger partial charge in [0.2, 0.25) is 0 Å². The minimum absolute atomic E-state index is 0.0639. The van der Waals surface area contributed by atoms with Crippen molar-refractivity contribution in [1.29, 1.82) is 0 Å². The highest BCUT2D eigenvalue weighted by Crippen LogP contribution is 2.35. The van der Waals surface area contributed by atoms with E-state index in [0.717, 1.165) is 19.4 Å². The minimum atomic E-state index is -0.186.